The van der Waals surface area contributed by atoms with Gasteiger partial charge in [-0.05, 0) is 69.0 Å². The summed E-state index contributed by atoms with van der Waals surface area (Å²) < 4.78 is 5.72. The molecule has 0 aromatic heterocycles. The zero-order valence-corrected chi connectivity index (χ0v) is 15.3. The number of carbonyl (C=O) groups excluding carboxylic acids is 2. The highest BCUT2D eigenvalue weighted by Gasteiger charge is 2.30. The van der Waals surface area contributed by atoms with Crippen molar-refractivity contribution in [3.8, 4) is 5.75 Å². The molecule has 2 N–H and O–H groups in total. The van der Waals surface area contributed by atoms with Crippen molar-refractivity contribution in [1.29, 1.82) is 0 Å². The number of anilines is 2. The Labute approximate surface area is 153 Å². The van der Waals surface area contributed by atoms with E-state index in [4.69, 9.17) is 4.74 Å². The van der Waals surface area contributed by atoms with Gasteiger partial charge in [0.15, 0.2) is 6.10 Å². The van der Waals surface area contributed by atoms with E-state index in [0.717, 1.165) is 29.7 Å². The van der Waals surface area contributed by atoms with Crippen LogP contribution in [0.2, 0.25) is 0 Å². The Bertz CT molecular complexity index is 828. The standard InChI is InChI=1S/C21H24N2O3/c1-13-6-4-7-17(12-13)26-15(3)20(24)22-18-8-5-9-19(14(18)2)23-21(25)16-10-11-16/h4-9,12,15-16H,10-11H2,1-3H3,(H,22,24)(H,23,25). The maximum atomic E-state index is 12.5. The second-order valence-corrected chi connectivity index (χ2v) is 6.81. The number of hydrogen-bond donors (Lipinski definition) is 2. The smallest absolute Gasteiger partial charge is 0.265 e. The highest BCUT2D eigenvalue weighted by Crippen LogP contribution is 2.31. The Morgan fingerprint density at radius 2 is 1.69 bits per heavy atom. The number of aryl methyl sites for hydroxylation is 1. The van der Waals surface area contributed by atoms with Gasteiger partial charge in [0.2, 0.25) is 5.91 Å². The van der Waals surface area contributed by atoms with Crippen LogP contribution in [0.15, 0.2) is 42.5 Å². The second-order valence-electron chi connectivity index (χ2n) is 6.81. The van der Waals surface area contributed by atoms with Gasteiger partial charge >= 0.3 is 0 Å². The zero-order chi connectivity index (χ0) is 18.7. The van der Waals surface area contributed by atoms with E-state index in [-0.39, 0.29) is 17.7 Å². The van der Waals surface area contributed by atoms with Gasteiger partial charge in [-0.25, -0.2) is 0 Å². The first-order chi connectivity index (χ1) is 12.4. The van der Waals surface area contributed by atoms with E-state index in [0.29, 0.717) is 11.4 Å². The molecule has 5 nitrogen and oxygen atoms in total. The van der Waals surface area contributed by atoms with Crippen LogP contribution in [0, 0.1) is 19.8 Å². The molecule has 136 valence electrons. The van der Waals surface area contributed by atoms with Crippen LogP contribution < -0.4 is 15.4 Å². The summed E-state index contributed by atoms with van der Waals surface area (Å²) in [5.74, 6) is 0.609. The molecule has 2 aromatic rings. The van der Waals surface area contributed by atoms with Gasteiger partial charge in [0.1, 0.15) is 5.75 Å². The summed E-state index contributed by atoms with van der Waals surface area (Å²) in [5, 5.41) is 5.83. The molecule has 0 spiro atoms. The third-order valence-corrected chi connectivity index (χ3v) is 4.47. The number of benzene rings is 2. The molecule has 0 aliphatic heterocycles. The number of rotatable bonds is 6. The normalized spacial score (nSPS) is 14.4. The molecule has 1 fully saturated rings. The zero-order valence-electron chi connectivity index (χ0n) is 15.3. The van der Waals surface area contributed by atoms with Crippen LogP contribution >= 0.6 is 0 Å². The summed E-state index contributed by atoms with van der Waals surface area (Å²) >= 11 is 0. The van der Waals surface area contributed by atoms with E-state index in [9.17, 15) is 9.59 Å². The van der Waals surface area contributed by atoms with Crippen molar-refractivity contribution in [1.82, 2.24) is 0 Å². The lowest BCUT2D eigenvalue weighted by Crippen LogP contribution is -2.30. The van der Waals surface area contributed by atoms with Gasteiger partial charge in [-0.15, -0.1) is 0 Å². The van der Waals surface area contributed by atoms with Crippen LogP contribution in [0.4, 0.5) is 11.4 Å². The molecule has 1 saturated carbocycles. The quantitative estimate of drug-likeness (QED) is 0.824. The lowest BCUT2D eigenvalue weighted by molar-refractivity contribution is -0.122. The average Bonchev–Trinajstić information content (AvgIpc) is 3.43. The maximum Gasteiger partial charge on any atom is 0.265 e. The highest BCUT2D eigenvalue weighted by molar-refractivity contribution is 5.98. The van der Waals surface area contributed by atoms with E-state index >= 15 is 0 Å². The average molecular weight is 352 g/mol. The Morgan fingerprint density at radius 3 is 2.35 bits per heavy atom. The summed E-state index contributed by atoms with van der Waals surface area (Å²) in [7, 11) is 0. The Kier molecular flexibility index (Phi) is 5.26. The molecule has 1 unspecified atom stereocenters. The molecule has 0 saturated heterocycles. The molecule has 2 aromatic carbocycles. The first-order valence-electron chi connectivity index (χ1n) is 8.88. The minimum Gasteiger partial charge on any atom is -0.481 e. The molecule has 2 amide bonds. The van der Waals surface area contributed by atoms with Crippen molar-refractivity contribution < 1.29 is 14.3 Å². The first kappa shape index (κ1) is 18.0. The number of hydrogen-bond acceptors (Lipinski definition) is 3. The maximum absolute atomic E-state index is 12.5. The van der Waals surface area contributed by atoms with Gasteiger partial charge in [-0.2, -0.15) is 0 Å². The minimum absolute atomic E-state index is 0.0488. The predicted octanol–water partition coefficient (Wildman–Crippen LogP) is 4.06. The second kappa shape index (κ2) is 7.60. The molecule has 5 heteroatoms. The Balaban J connectivity index is 1.65. The molecular weight excluding hydrogens is 328 g/mol. The summed E-state index contributed by atoms with van der Waals surface area (Å²) in [6, 6.07) is 13.1. The lowest BCUT2D eigenvalue weighted by Gasteiger charge is -2.17. The fourth-order valence-electron chi connectivity index (χ4n) is 2.67. The number of nitrogens with one attached hydrogen (secondary N) is 2. The summed E-state index contributed by atoms with van der Waals surface area (Å²) in [4.78, 5) is 24.5. The largest absolute Gasteiger partial charge is 0.481 e. The van der Waals surface area contributed by atoms with E-state index in [1.54, 1.807) is 6.92 Å². The van der Waals surface area contributed by atoms with Crippen LogP contribution in [-0.4, -0.2) is 17.9 Å². The molecule has 0 radical (unpaired) electrons. The van der Waals surface area contributed by atoms with Gasteiger partial charge in [0.05, 0.1) is 0 Å². The van der Waals surface area contributed by atoms with Gasteiger partial charge in [-0.3, -0.25) is 9.59 Å². The van der Waals surface area contributed by atoms with E-state index in [1.807, 2.05) is 56.3 Å². The fraction of sp³-hybridized carbons (Fsp3) is 0.333. The van der Waals surface area contributed by atoms with Crippen LogP contribution in [0.3, 0.4) is 0 Å². The van der Waals surface area contributed by atoms with Crippen LogP contribution in [0.5, 0.6) is 5.75 Å². The van der Waals surface area contributed by atoms with Gasteiger partial charge in [0.25, 0.3) is 5.91 Å². The molecule has 26 heavy (non-hydrogen) atoms. The topological polar surface area (TPSA) is 67.4 Å². The lowest BCUT2D eigenvalue weighted by atomic mass is 10.1. The number of amides is 2. The van der Waals surface area contributed by atoms with Gasteiger partial charge in [-0.1, -0.05) is 18.2 Å². The third kappa shape index (κ3) is 4.42. The van der Waals surface area contributed by atoms with E-state index < -0.39 is 6.10 Å². The van der Waals surface area contributed by atoms with Gasteiger partial charge < -0.3 is 15.4 Å². The first-order valence-corrected chi connectivity index (χ1v) is 8.88. The van der Waals surface area contributed by atoms with E-state index in [2.05, 4.69) is 10.6 Å². The van der Waals surface area contributed by atoms with Crippen molar-refractivity contribution in [2.75, 3.05) is 10.6 Å². The Morgan fingerprint density at radius 1 is 1.04 bits per heavy atom. The molecule has 1 aliphatic carbocycles. The SMILES string of the molecule is Cc1cccc(OC(C)C(=O)Nc2cccc(NC(=O)C3CC3)c2C)c1. The number of ether oxygens (including phenoxy) is 1. The Hall–Kier alpha value is -2.82. The predicted molar refractivity (Wildman–Crippen MR) is 102 cm³/mol. The molecule has 1 aliphatic rings. The number of carbonyl (C=O) groups is 2. The molecule has 0 bridgehead atoms. The van der Waals surface area contributed by atoms with Crippen molar-refractivity contribution in [3.63, 3.8) is 0 Å². The van der Waals surface area contributed by atoms with Crippen molar-refractivity contribution in [3.05, 3.63) is 53.6 Å². The summed E-state index contributed by atoms with van der Waals surface area (Å²) in [6.07, 6.45) is 1.27. The summed E-state index contributed by atoms with van der Waals surface area (Å²) in [6.45, 7) is 5.57. The highest BCUT2D eigenvalue weighted by atomic mass is 16.5. The van der Waals surface area contributed by atoms with Gasteiger partial charge in [0, 0.05) is 17.3 Å². The van der Waals surface area contributed by atoms with Crippen LogP contribution in [-0.2, 0) is 9.59 Å². The molecular formula is C21H24N2O3. The third-order valence-electron chi connectivity index (χ3n) is 4.47. The van der Waals surface area contributed by atoms with E-state index in [1.165, 1.54) is 0 Å². The summed E-state index contributed by atoms with van der Waals surface area (Å²) in [5.41, 5.74) is 3.30. The molecule has 3 rings (SSSR count). The van der Waals surface area contributed by atoms with Crippen molar-refractivity contribution in [2.24, 2.45) is 5.92 Å². The van der Waals surface area contributed by atoms with Crippen LogP contribution in [0.1, 0.15) is 30.9 Å². The van der Waals surface area contributed by atoms with Crippen LogP contribution in [0.25, 0.3) is 0 Å². The monoisotopic (exact) mass is 352 g/mol. The molecule has 0 heterocycles. The molecule has 1 atom stereocenters. The fourth-order valence-corrected chi connectivity index (χ4v) is 2.67. The minimum atomic E-state index is -0.638. The van der Waals surface area contributed by atoms with Crippen molar-refractivity contribution in [2.45, 2.75) is 39.7 Å². The van der Waals surface area contributed by atoms with Crippen molar-refractivity contribution >= 4 is 23.2 Å².